The SMILES string of the molecule is CCOC(=O)CS[C@H](C)C(=O)NCC1CCCCC1. The number of amides is 1. The van der Waals surface area contributed by atoms with Crippen LogP contribution in [0.2, 0.25) is 0 Å². The Morgan fingerprint density at radius 2 is 2.00 bits per heavy atom. The van der Waals surface area contributed by atoms with Crippen LogP contribution in [0.15, 0.2) is 0 Å². The summed E-state index contributed by atoms with van der Waals surface area (Å²) in [4.78, 5) is 23.1. The molecule has 0 unspecified atom stereocenters. The van der Waals surface area contributed by atoms with Crippen LogP contribution < -0.4 is 5.32 Å². The van der Waals surface area contributed by atoms with E-state index in [1.165, 1.54) is 43.9 Å². The Morgan fingerprint density at radius 3 is 2.63 bits per heavy atom. The van der Waals surface area contributed by atoms with Crippen molar-refractivity contribution in [2.45, 2.75) is 51.2 Å². The molecule has 1 aliphatic rings. The molecule has 1 rings (SSSR count). The normalized spacial score (nSPS) is 17.8. The lowest BCUT2D eigenvalue weighted by Crippen LogP contribution is -2.35. The van der Waals surface area contributed by atoms with Gasteiger partial charge in [-0.05, 0) is 32.6 Å². The quantitative estimate of drug-likeness (QED) is 0.730. The number of rotatable bonds is 7. The second kappa shape index (κ2) is 9.23. The first-order chi connectivity index (χ1) is 9.13. The van der Waals surface area contributed by atoms with Crippen LogP contribution in [0.25, 0.3) is 0 Å². The fourth-order valence-electron chi connectivity index (χ4n) is 2.25. The summed E-state index contributed by atoms with van der Waals surface area (Å²) in [6.07, 6.45) is 6.35. The molecule has 0 radical (unpaired) electrons. The van der Waals surface area contributed by atoms with E-state index in [-0.39, 0.29) is 22.9 Å². The number of thioether (sulfide) groups is 1. The molecule has 1 saturated carbocycles. The molecule has 4 nitrogen and oxygen atoms in total. The largest absolute Gasteiger partial charge is 0.465 e. The van der Waals surface area contributed by atoms with E-state index in [1.807, 2.05) is 6.92 Å². The number of carbonyl (C=O) groups excluding carboxylic acids is 2. The summed E-state index contributed by atoms with van der Waals surface area (Å²) in [6, 6.07) is 0. The van der Waals surface area contributed by atoms with E-state index in [1.54, 1.807) is 6.92 Å². The Labute approximate surface area is 120 Å². The van der Waals surface area contributed by atoms with Crippen LogP contribution in [0, 0.1) is 5.92 Å². The van der Waals surface area contributed by atoms with Gasteiger partial charge in [-0.2, -0.15) is 0 Å². The summed E-state index contributed by atoms with van der Waals surface area (Å²) in [5.41, 5.74) is 0. The zero-order valence-electron chi connectivity index (χ0n) is 11.9. The first-order valence-corrected chi connectivity index (χ1v) is 8.23. The van der Waals surface area contributed by atoms with Crippen molar-refractivity contribution in [1.82, 2.24) is 5.32 Å². The van der Waals surface area contributed by atoms with Gasteiger partial charge in [0.1, 0.15) is 0 Å². The third-order valence-corrected chi connectivity index (χ3v) is 4.53. The number of nitrogens with one attached hydrogen (secondary N) is 1. The van der Waals surface area contributed by atoms with E-state index in [2.05, 4.69) is 5.32 Å². The minimum Gasteiger partial charge on any atom is -0.465 e. The van der Waals surface area contributed by atoms with Crippen LogP contribution in [-0.2, 0) is 14.3 Å². The Hall–Kier alpha value is -0.710. The molecule has 0 aromatic heterocycles. The Balaban J connectivity index is 2.15. The van der Waals surface area contributed by atoms with E-state index < -0.39 is 0 Å². The highest BCUT2D eigenvalue weighted by molar-refractivity contribution is 8.01. The third-order valence-electron chi connectivity index (χ3n) is 3.42. The zero-order chi connectivity index (χ0) is 14.1. The van der Waals surface area contributed by atoms with Crippen LogP contribution in [0.1, 0.15) is 46.0 Å². The fourth-order valence-corrected chi connectivity index (χ4v) is 2.96. The molecule has 1 aliphatic carbocycles. The van der Waals surface area contributed by atoms with Crippen LogP contribution in [0.3, 0.4) is 0 Å². The Morgan fingerprint density at radius 1 is 1.32 bits per heavy atom. The predicted molar refractivity (Wildman–Crippen MR) is 78.1 cm³/mol. The molecule has 0 aromatic carbocycles. The highest BCUT2D eigenvalue weighted by Gasteiger charge is 2.18. The molecule has 110 valence electrons. The smallest absolute Gasteiger partial charge is 0.315 e. The van der Waals surface area contributed by atoms with Crippen molar-refractivity contribution in [3.63, 3.8) is 0 Å². The van der Waals surface area contributed by atoms with Crippen LogP contribution in [0.5, 0.6) is 0 Å². The third kappa shape index (κ3) is 6.85. The van der Waals surface area contributed by atoms with Crippen molar-refractivity contribution in [3.05, 3.63) is 0 Å². The van der Waals surface area contributed by atoms with E-state index in [0.717, 1.165) is 6.54 Å². The zero-order valence-corrected chi connectivity index (χ0v) is 12.8. The highest BCUT2D eigenvalue weighted by Crippen LogP contribution is 2.22. The average Bonchev–Trinajstić information content (AvgIpc) is 2.43. The number of ether oxygens (including phenoxy) is 1. The molecule has 0 bridgehead atoms. The number of esters is 1. The molecule has 1 fully saturated rings. The van der Waals surface area contributed by atoms with E-state index in [0.29, 0.717) is 12.5 Å². The van der Waals surface area contributed by atoms with Gasteiger partial charge in [-0.15, -0.1) is 11.8 Å². The van der Waals surface area contributed by atoms with Gasteiger partial charge in [-0.25, -0.2) is 0 Å². The van der Waals surface area contributed by atoms with Crippen molar-refractivity contribution >= 4 is 23.6 Å². The molecule has 0 saturated heterocycles. The van der Waals surface area contributed by atoms with Gasteiger partial charge in [0.2, 0.25) is 5.91 Å². The van der Waals surface area contributed by atoms with Gasteiger partial charge in [-0.3, -0.25) is 9.59 Å². The maximum Gasteiger partial charge on any atom is 0.315 e. The van der Waals surface area contributed by atoms with Gasteiger partial charge in [0.25, 0.3) is 0 Å². The van der Waals surface area contributed by atoms with Gasteiger partial charge >= 0.3 is 5.97 Å². The van der Waals surface area contributed by atoms with E-state index in [9.17, 15) is 9.59 Å². The van der Waals surface area contributed by atoms with Gasteiger partial charge < -0.3 is 10.1 Å². The van der Waals surface area contributed by atoms with Crippen molar-refractivity contribution in [2.75, 3.05) is 18.9 Å². The van der Waals surface area contributed by atoms with Gasteiger partial charge in [0.15, 0.2) is 0 Å². The maximum absolute atomic E-state index is 11.9. The first-order valence-electron chi connectivity index (χ1n) is 7.18. The van der Waals surface area contributed by atoms with Crippen molar-refractivity contribution in [3.8, 4) is 0 Å². The Bertz CT molecular complexity index is 290. The van der Waals surface area contributed by atoms with Crippen molar-refractivity contribution < 1.29 is 14.3 Å². The molecule has 5 heteroatoms. The van der Waals surface area contributed by atoms with Crippen molar-refractivity contribution in [1.29, 1.82) is 0 Å². The molecule has 19 heavy (non-hydrogen) atoms. The highest BCUT2D eigenvalue weighted by atomic mass is 32.2. The minimum atomic E-state index is -0.251. The van der Waals surface area contributed by atoms with Crippen molar-refractivity contribution in [2.24, 2.45) is 5.92 Å². The summed E-state index contributed by atoms with van der Waals surface area (Å²) in [7, 11) is 0. The predicted octanol–water partition coefficient (Wildman–Crippen LogP) is 2.37. The summed E-state index contributed by atoms with van der Waals surface area (Å²) in [5.74, 6) is 0.658. The molecule has 0 aromatic rings. The van der Waals surface area contributed by atoms with Gasteiger partial charge in [0, 0.05) is 6.54 Å². The summed E-state index contributed by atoms with van der Waals surface area (Å²) in [5, 5.41) is 2.80. The fraction of sp³-hybridized carbons (Fsp3) is 0.857. The number of carbonyl (C=O) groups is 2. The topological polar surface area (TPSA) is 55.4 Å². The molecule has 0 aliphatic heterocycles. The Kier molecular flexibility index (Phi) is 7.94. The molecular weight excluding hydrogens is 262 g/mol. The number of hydrogen-bond donors (Lipinski definition) is 1. The van der Waals surface area contributed by atoms with Crippen LogP contribution in [0.4, 0.5) is 0 Å². The van der Waals surface area contributed by atoms with Gasteiger partial charge in [0.05, 0.1) is 17.6 Å². The lowest BCUT2D eigenvalue weighted by Gasteiger charge is -2.22. The van der Waals surface area contributed by atoms with Crippen LogP contribution >= 0.6 is 11.8 Å². The molecular formula is C14H25NO3S. The van der Waals surface area contributed by atoms with E-state index >= 15 is 0 Å². The van der Waals surface area contributed by atoms with Crippen LogP contribution in [-0.4, -0.2) is 36.0 Å². The average molecular weight is 287 g/mol. The monoisotopic (exact) mass is 287 g/mol. The van der Waals surface area contributed by atoms with Gasteiger partial charge in [-0.1, -0.05) is 19.3 Å². The summed E-state index contributed by atoms with van der Waals surface area (Å²) < 4.78 is 4.84. The molecule has 1 atom stereocenters. The summed E-state index contributed by atoms with van der Waals surface area (Å²) >= 11 is 1.33. The lowest BCUT2D eigenvalue weighted by atomic mass is 9.89. The molecule has 1 amide bonds. The molecule has 0 heterocycles. The maximum atomic E-state index is 11.9. The summed E-state index contributed by atoms with van der Waals surface area (Å²) in [6.45, 7) is 4.79. The molecule has 1 N–H and O–H groups in total. The second-order valence-corrected chi connectivity index (χ2v) is 6.34. The lowest BCUT2D eigenvalue weighted by molar-refractivity contribution is -0.139. The second-order valence-electron chi connectivity index (χ2n) is 5.01. The minimum absolute atomic E-state index is 0.0277. The standard InChI is InChI=1S/C14H25NO3S/c1-3-18-13(16)10-19-11(2)14(17)15-9-12-7-5-4-6-8-12/h11-12H,3-10H2,1-2H3,(H,15,17)/t11-/m1/s1. The molecule has 0 spiro atoms. The number of hydrogen-bond acceptors (Lipinski definition) is 4. The first kappa shape index (κ1) is 16.3. The van der Waals surface area contributed by atoms with E-state index in [4.69, 9.17) is 4.74 Å².